The van der Waals surface area contributed by atoms with E-state index in [1.807, 2.05) is 24.3 Å². The van der Waals surface area contributed by atoms with E-state index in [2.05, 4.69) is 5.32 Å². The zero-order valence-electron chi connectivity index (χ0n) is 18.3. The van der Waals surface area contributed by atoms with Crippen LogP contribution in [0.3, 0.4) is 0 Å². The van der Waals surface area contributed by atoms with E-state index >= 15 is 0 Å². The van der Waals surface area contributed by atoms with Gasteiger partial charge in [-0.05, 0) is 60.7 Å². The molecule has 33 heavy (non-hydrogen) atoms. The fourth-order valence-corrected chi connectivity index (χ4v) is 4.00. The maximum Gasteiger partial charge on any atom is 0.290 e. The van der Waals surface area contributed by atoms with Gasteiger partial charge in [-0.2, -0.15) is 0 Å². The van der Waals surface area contributed by atoms with Crippen molar-refractivity contribution in [3.05, 3.63) is 89.6 Å². The smallest absolute Gasteiger partial charge is 0.290 e. The van der Waals surface area contributed by atoms with Crippen LogP contribution in [0, 0.1) is 5.82 Å². The molecule has 3 aromatic rings. The van der Waals surface area contributed by atoms with E-state index in [9.17, 15) is 14.0 Å². The average Bonchev–Trinajstić information content (AvgIpc) is 3.28. The molecule has 2 amide bonds. The van der Waals surface area contributed by atoms with Gasteiger partial charge >= 0.3 is 0 Å². The van der Waals surface area contributed by atoms with Gasteiger partial charge in [0.1, 0.15) is 17.6 Å². The Morgan fingerprint density at radius 2 is 2.00 bits per heavy atom. The second-order valence-corrected chi connectivity index (χ2v) is 8.05. The first kappa shape index (κ1) is 22.6. The second-order valence-electron chi connectivity index (χ2n) is 8.05. The fourth-order valence-electron chi connectivity index (χ4n) is 4.00. The minimum absolute atomic E-state index is 0.148. The Bertz CT molecular complexity index is 1080. The lowest BCUT2D eigenvalue weighted by molar-refractivity contribution is -0.125. The first-order valence-corrected chi connectivity index (χ1v) is 11.2. The molecule has 4 rings (SSSR count). The van der Waals surface area contributed by atoms with Gasteiger partial charge in [-0.1, -0.05) is 30.3 Å². The van der Waals surface area contributed by atoms with Gasteiger partial charge < -0.3 is 19.4 Å². The quantitative estimate of drug-likeness (QED) is 0.554. The molecular weight excluding hydrogens is 423 g/mol. The molecule has 1 aliphatic rings. The summed E-state index contributed by atoms with van der Waals surface area (Å²) in [6.45, 7) is 1.18. The van der Waals surface area contributed by atoms with Crippen molar-refractivity contribution in [1.82, 2.24) is 10.2 Å². The van der Waals surface area contributed by atoms with E-state index in [-0.39, 0.29) is 29.9 Å². The Morgan fingerprint density at radius 3 is 2.82 bits per heavy atom. The number of benzene rings is 2. The van der Waals surface area contributed by atoms with Crippen molar-refractivity contribution in [2.75, 3.05) is 13.2 Å². The van der Waals surface area contributed by atoms with Gasteiger partial charge in [0.2, 0.25) is 5.91 Å². The minimum atomic E-state index is -0.573. The van der Waals surface area contributed by atoms with Crippen LogP contribution in [0.5, 0.6) is 5.75 Å². The third kappa shape index (κ3) is 5.80. The third-order valence-corrected chi connectivity index (χ3v) is 5.72. The highest BCUT2D eigenvalue weighted by Crippen LogP contribution is 2.22. The summed E-state index contributed by atoms with van der Waals surface area (Å²) in [5, 5.41) is 2.90. The van der Waals surface area contributed by atoms with Crippen LogP contribution < -0.4 is 10.1 Å². The summed E-state index contributed by atoms with van der Waals surface area (Å²) in [6.07, 6.45) is 4.23. The van der Waals surface area contributed by atoms with Gasteiger partial charge in [-0.3, -0.25) is 9.59 Å². The van der Waals surface area contributed by atoms with Gasteiger partial charge in [0, 0.05) is 19.5 Å². The molecule has 6 nitrogen and oxygen atoms in total. The van der Waals surface area contributed by atoms with Gasteiger partial charge in [0.25, 0.3) is 5.91 Å². The number of furan rings is 1. The van der Waals surface area contributed by atoms with E-state index in [1.165, 1.54) is 12.3 Å². The molecule has 0 saturated carbocycles. The van der Waals surface area contributed by atoms with Crippen molar-refractivity contribution in [1.29, 1.82) is 0 Å². The SMILES string of the molecule is O=C1NCCCC[C@@H]1N(Cc1cccc(OCCc2ccccc2F)c1)C(=O)c1ccco1. The lowest BCUT2D eigenvalue weighted by atomic mass is 10.1. The topological polar surface area (TPSA) is 71.8 Å². The van der Waals surface area contributed by atoms with Gasteiger partial charge in [0.15, 0.2) is 5.76 Å². The van der Waals surface area contributed by atoms with Crippen LogP contribution in [0.4, 0.5) is 4.39 Å². The molecule has 2 heterocycles. The second kappa shape index (κ2) is 10.8. The predicted molar refractivity (Wildman–Crippen MR) is 121 cm³/mol. The van der Waals surface area contributed by atoms with Crippen LogP contribution in [-0.2, 0) is 17.8 Å². The summed E-state index contributed by atoms with van der Waals surface area (Å²) in [5.74, 6) is 0.102. The van der Waals surface area contributed by atoms with E-state index in [4.69, 9.17) is 9.15 Å². The highest BCUT2D eigenvalue weighted by molar-refractivity contribution is 5.95. The summed E-state index contributed by atoms with van der Waals surface area (Å²) >= 11 is 0. The monoisotopic (exact) mass is 450 g/mol. The van der Waals surface area contributed by atoms with Crippen molar-refractivity contribution >= 4 is 11.8 Å². The minimum Gasteiger partial charge on any atom is -0.493 e. The van der Waals surface area contributed by atoms with E-state index in [0.717, 1.165) is 18.4 Å². The number of ether oxygens (including phenoxy) is 1. The maximum absolute atomic E-state index is 13.8. The van der Waals surface area contributed by atoms with Crippen molar-refractivity contribution in [3.8, 4) is 5.75 Å². The standard InChI is InChI=1S/C26H27FN2O4/c27-22-10-2-1-8-20(22)13-16-32-21-9-5-7-19(17-21)18-29(26(31)24-12-6-15-33-24)23-11-3-4-14-28-25(23)30/h1-2,5-10,12,15,17,23H,3-4,11,13-14,16,18H2,(H,28,30)/t23-/m0/s1. The number of carbonyl (C=O) groups is 2. The van der Waals surface area contributed by atoms with E-state index in [1.54, 1.807) is 35.2 Å². The number of hydrogen-bond acceptors (Lipinski definition) is 4. The Kier molecular flexibility index (Phi) is 7.40. The molecule has 1 N–H and O–H groups in total. The molecule has 0 bridgehead atoms. The van der Waals surface area contributed by atoms with Crippen molar-refractivity contribution in [3.63, 3.8) is 0 Å². The lowest BCUT2D eigenvalue weighted by Gasteiger charge is -2.29. The largest absolute Gasteiger partial charge is 0.493 e. The van der Waals surface area contributed by atoms with Crippen LogP contribution in [0.25, 0.3) is 0 Å². The summed E-state index contributed by atoms with van der Waals surface area (Å²) in [7, 11) is 0. The molecule has 7 heteroatoms. The van der Waals surface area contributed by atoms with Crippen LogP contribution in [0.2, 0.25) is 0 Å². The number of rotatable bonds is 8. The molecular formula is C26H27FN2O4. The average molecular weight is 451 g/mol. The Hall–Kier alpha value is -3.61. The summed E-state index contributed by atoms with van der Waals surface area (Å²) in [4.78, 5) is 27.5. The Balaban J connectivity index is 1.48. The van der Waals surface area contributed by atoms with Crippen LogP contribution in [-0.4, -0.2) is 35.9 Å². The summed E-state index contributed by atoms with van der Waals surface area (Å²) in [6, 6.07) is 16.7. The third-order valence-electron chi connectivity index (χ3n) is 5.72. The van der Waals surface area contributed by atoms with Crippen molar-refractivity contribution < 1.29 is 23.1 Å². The van der Waals surface area contributed by atoms with Crippen LogP contribution in [0.15, 0.2) is 71.3 Å². The first-order valence-electron chi connectivity index (χ1n) is 11.2. The molecule has 172 valence electrons. The highest BCUT2D eigenvalue weighted by Gasteiger charge is 2.32. The Morgan fingerprint density at radius 1 is 1.12 bits per heavy atom. The fraction of sp³-hybridized carbons (Fsp3) is 0.308. The normalized spacial score (nSPS) is 16.0. The number of hydrogen-bond donors (Lipinski definition) is 1. The molecule has 0 unspecified atom stereocenters. The van der Waals surface area contributed by atoms with Gasteiger partial charge in [-0.15, -0.1) is 0 Å². The van der Waals surface area contributed by atoms with Crippen molar-refractivity contribution in [2.45, 2.75) is 38.3 Å². The van der Waals surface area contributed by atoms with Gasteiger partial charge in [-0.25, -0.2) is 4.39 Å². The lowest BCUT2D eigenvalue weighted by Crippen LogP contribution is -2.48. The molecule has 1 saturated heterocycles. The molecule has 1 atom stereocenters. The molecule has 1 aliphatic heterocycles. The number of amides is 2. The Labute approximate surface area is 192 Å². The van der Waals surface area contributed by atoms with Crippen LogP contribution >= 0.6 is 0 Å². The zero-order valence-corrected chi connectivity index (χ0v) is 18.3. The molecule has 2 aromatic carbocycles. The predicted octanol–water partition coefficient (Wildman–Crippen LogP) is 4.35. The van der Waals surface area contributed by atoms with Crippen LogP contribution in [0.1, 0.15) is 40.9 Å². The number of carbonyl (C=O) groups excluding carboxylic acids is 2. The molecule has 1 aromatic heterocycles. The highest BCUT2D eigenvalue weighted by atomic mass is 19.1. The maximum atomic E-state index is 13.8. The summed E-state index contributed by atoms with van der Waals surface area (Å²) in [5.41, 5.74) is 1.43. The van der Waals surface area contributed by atoms with E-state index in [0.29, 0.717) is 37.3 Å². The molecule has 0 aliphatic carbocycles. The number of nitrogens with one attached hydrogen (secondary N) is 1. The number of nitrogens with zero attached hydrogens (tertiary/aromatic N) is 1. The van der Waals surface area contributed by atoms with Gasteiger partial charge in [0.05, 0.1) is 12.9 Å². The van der Waals surface area contributed by atoms with Crippen molar-refractivity contribution in [2.24, 2.45) is 0 Å². The number of halogens is 1. The zero-order chi connectivity index (χ0) is 23.0. The molecule has 0 radical (unpaired) electrons. The first-order chi connectivity index (χ1) is 16.1. The molecule has 1 fully saturated rings. The summed E-state index contributed by atoms with van der Waals surface area (Å²) < 4.78 is 25.0. The van der Waals surface area contributed by atoms with E-state index < -0.39 is 6.04 Å². The molecule has 0 spiro atoms.